The molecular weight excluding hydrogens is 370 g/mol. The summed E-state index contributed by atoms with van der Waals surface area (Å²) in [6.45, 7) is 3.88. The van der Waals surface area contributed by atoms with E-state index in [4.69, 9.17) is 0 Å². The standard InChI is InChI=1S/C23H21NO3S/c1-18-8-12-20(13-9-18)14-17-23(25)24(21-15-10-19(2)11-16-21)28(26,27)22-6-4-3-5-7-22/h3-17H,1-2H3/b17-14+. The molecule has 0 aliphatic rings. The first-order valence-corrected chi connectivity index (χ1v) is 10.3. The highest BCUT2D eigenvalue weighted by molar-refractivity contribution is 7.93. The first-order valence-electron chi connectivity index (χ1n) is 8.84. The van der Waals surface area contributed by atoms with Gasteiger partial charge in [-0.15, -0.1) is 0 Å². The van der Waals surface area contributed by atoms with Crippen molar-refractivity contribution in [2.45, 2.75) is 18.7 Å². The van der Waals surface area contributed by atoms with Crippen molar-refractivity contribution in [1.82, 2.24) is 0 Å². The summed E-state index contributed by atoms with van der Waals surface area (Å²) in [5.41, 5.74) is 3.20. The van der Waals surface area contributed by atoms with Gasteiger partial charge >= 0.3 is 0 Å². The third kappa shape index (κ3) is 4.38. The molecule has 0 saturated heterocycles. The number of carbonyl (C=O) groups is 1. The molecule has 142 valence electrons. The van der Waals surface area contributed by atoms with E-state index in [0.717, 1.165) is 21.0 Å². The van der Waals surface area contributed by atoms with E-state index in [9.17, 15) is 13.2 Å². The van der Waals surface area contributed by atoms with Crippen molar-refractivity contribution in [2.75, 3.05) is 4.31 Å². The van der Waals surface area contributed by atoms with Crippen molar-refractivity contribution in [3.8, 4) is 0 Å². The summed E-state index contributed by atoms with van der Waals surface area (Å²) in [6.07, 6.45) is 2.90. The van der Waals surface area contributed by atoms with Gasteiger partial charge in [0, 0.05) is 6.08 Å². The van der Waals surface area contributed by atoms with Crippen LogP contribution < -0.4 is 4.31 Å². The van der Waals surface area contributed by atoms with Crippen LogP contribution in [0.1, 0.15) is 16.7 Å². The van der Waals surface area contributed by atoms with Crippen molar-refractivity contribution < 1.29 is 13.2 Å². The zero-order valence-corrected chi connectivity index (χ0v) is 16.6. The van der Waals surface area contributed by atoms with Crippen LogP contribution in [0.3, 0.4) is 0 Å². The van der Waals surface area contributed by atoms with Crippen LogP contribution in [0.25, 0.3) is 6.08 Å². The number of sulfonamides is 1. The highest BCUT2D eigenvalue weighted by atomic mass is 32.2. The molecule has 0 unspecified atom stereocenters. The summed E-state index contributed by atoms with van der Waals surface area (Å²) in [6, 6.07) is 22.4. The van der Waals surface area contributed by atoms with Crippen molar-refractivity contribution in [2.24, 2.45) is 0 Å². The Balaban J connectivity index is 2.02. The highest BCUT2D eigenvalue weighted by Crippen LogP contribution is 2.25. The molecule has 3 aromatic rings. The molecule has 0 aliphatic carbocycles. The average Bonchev–Trinajstić information content (AvgIpc) is 2.70. The molecule has 0 saturated carbocycles. The number of carbonyl (C=O) groups excluding carboxylic acids is 1. The minimum Gasteiger partial charge on any atom is -0.268 e. The lowest BCUT2D eigenvalue weighted by molar-refractivity contribution is -0.113. The maximum atomic E-state index is 13.2. The van der Waals surface area contributed by atoms with E-state index in [1.165, 1.54) is 18.2 Å². The van der Waals surface area contributed by atoms with Gasteiger partial charge in [-0.25, -0.2) is 8.42 Å². The predicted octanol–water partition coefficient (Wildman–Crippen LogP) is 4.74. The summed E-state index contributed by atoms with van der Waals surface area (Å²) in [5.74, 6) is -0.631. The van der Waals surface area contributed by atoms with Crippen molar-refractivity contribution in [3.63, 3.8) is 0 Å². The molecule has 0 N–H and O–H groups in total. The van der Waals surface area contributed by atoms with E-state index < -0.39 is 15.9 Å². The first-order chi connectivity index (χ1) is 13.4. The smallest absolute Gasteiger partial charge is 0.268 e. The fourth-order valence-electron chi connectivity index (χ4n) is 2.68. The van der Waals surface area contributed by atoms with Crippen LogP contribution in [-0.2, 0) is 14.8 Å². The number of nitrogens with zero attached hydrogens (tertiary/aromatic N) is 1. The third-order valence-electron chi connectivity index (χ3n) is 4.25. The zero-order chi connectivity index (χ0) is 20.1. The number of hydrogen-bond donors (Lipinski definition) is 0. The largest absolute Gasteiger partial charge is 0.271 e. The molecular formula is C23H21NO3S. The Bertz CT molecular complexity index is 1080. The van der Waals surface area contributed by atoms with Crippen LogP contribution in [0.5, 0.6) is 0 Å². The van der Waals surface area contributed by atoms with E-state index in [1.807, 2.05) is 38.1 Å². The quantitative estimate of drug-likeness (QED) is 0.591. The van der Waals surface area contributed by atoms with Crippen LogP contribution in [0.4, 0.5) is 5.69 Å². The molecule has 3 aromatic carbocycles. The Morgan fingerprint density at radius 3 is 1.89 bits per heavy atom. The lowest BCUT2D eigenvalue weighted by Gasteiger charge is -2.21. The van der Waals surface area contributed by atoms with Gasteiger partial charge in [0.25, 0.3) is 15.9 Å². The average molecular weight is 391 g/mol. The van der Waals surface area contributed by atoms with E-state index >= 15 is 0 Å². The lowest BCUT2D eigenvalue weighted by Crippen LogP contribution is -2.35. The summed E-state index contributed by atoms with van der Waals surface area (Å²) in [5, 5.41) is 0. The Morgan fingerprint density at radius 1 is 0.786 bits per heavy atom. The third-order valence-corrected chi connectivity index (χ3v) is 5.99. The minimum absolute atomic E-state index is 0.0626. The Labute approximate surface area is 165 Å². The number of benzene rings is 3. The van der Waals surface area contributed by atoms with Crippen LogP contribution in [0.15, 0.2) is 89.8 Å². The van der Waals surface area contributed by atoms with Gasteiger partial charge in [-0.05, 0) is 49.8 Å². The molecule has 3 rings (SSSR count). The molecule has 0 aromatic heterocycles. The molecule has 5 heteroatoms. The van der Waals surface area contributed by atoms with Gasteiger partial charge in [-0.3, -0.25) is 4.79 Å². The lowest BCUT2D eigenvalue weighted by atomic mass is 10.1. The Hall–Kier alpha value is -3.18. The predicted molar refractivity (Wildman–Crippen MR) is 113 cm³/mol. The molecule has 1 amide bonds. The molecule has 0 atom stereocenters. The van der Waals surface area contributed by atoms with Gasteiger partial charge in [0.05, 0.1) is 10.6 Å². The maximum absolute atomic E-state index is 13.2. The van der Waals surface area contributed by atoms with Crippen LogP contribution in [-0.4, -0.2) is 14.3 Å². The second-order valence-corrected chi connectivity index (χ2v) is 8.29. The highest BCUT2D eigenvalue weighted by Gasteiger charge is 2.29. The van der Waals surface area contributed by atoms with Gasteiger partial charge < -0.3 is 0 Å². The Kier molecular flexibility index (Phi) is 5.76. The van der Waals surface area contributed by atoms with Gasteiger partial charge in [0.1, 0.15) is 0 Å². The number of aryl methyl sites for hydroxylation is 2. The molecule has 0 spiro atoms. The van der Waals surface area contributed by atoms with Crippen LogP contribution >= 0.6 is 0 Å². The summed E-state index contributed by atoms with van der Waals surface area (Å²) in [7, 11) is -4.04. The zero-order valence-electron chi connectivity index (χ0n) is 15.7. The number of hydrogen-bond acceptors (Lipinski definition) is 3. The number of anilines is 1. The summed E-state index contributed by atoms with van der Waals surface area (Å²) >= 11 is 0. The van der Waals surface area contributed by atoms with E-state index in [-0.39, 0.29) is 4.90 Å². The molecule has 0 fully saturated rings. The maximum Gasteiger partial charge on any atom is 0.271 e. The topological polar surface area (TPSA) is 54.5 Å². The fraction of sp³-hybridized carbons (Fsp3) is 0.0870. The minimum atomic E-state index is -4.04. The van der Waals surface area contributed by atoms with E-state index in [1.54, 1.807) is 48.5 Å². The molecule has 0 radical (unpaired) electrons. The Morgan fingerprint density at radius 2 is 1.32 bits per heavy atom. The van der Waals surface area contributed by atoms with Gasteiger partial charge in [0.2, 0.25) is 0 Å². The van der Waals surface area contributed by atoms with E-state index in [2.05, 4.69) is 0 Å². The molecule has 0 heterocycles. The molecule has 0 aliphatic heterocycles. The number of rotatable bonds is 5. The summed E-state index contributed by atoms with van der Waals surface area (Å²) in [4.78, 5) is 13.0. The second-order valence-electron chi connectivity index (χ2n) is 6.50. The molecule has 28 heavy (non-hydrogen) atoms. The van der Waals surface area contributed by atoms with Gasteiger partial charge in [0.15, 0.2) is 0 Å². The van der Waals surface area contributed by atoms with Crippen LogP contribution in [0.2, 0.25) is 0 Å². The normalized spacial score (nSPS) is 11.5. The van der Waals surface area contributed by atoms with Gasteiger partial charge in [-0.2, -0.15) is 4.31 Å². The van der Waals surface area contributed by atoms with Crippen LogP contribution in [0, 0.1) is 13.8 Å². The van der Waals surface area contributed by atoms with Crippen molar-refractivity contribution >= 4 is 27.7 Å². The number of amides is 1. The fourth-order valence-corrected chi connectivity index (χ4v) is 4.08. The monoisotopic (exact) mass is 391 g/mol. The SMILES string of the molecule is Cc1ccc(/C=C/C(=O)N(c2ccc(C)cc2)S(=O)(=O)c2ccccc2)cc1. The van der Waals surface area contributed by atoms with Crippen molar-refractivity contribution in [3.05, 3.63) is 102 Å². The molecule has 4 nitrogen and oxygen atoms in total. The first kappa shape index (κ1) is 19.6. The van der Waals surface area contributed by atoms with Crippen molar-refractivity contribution in [1.29, 1.82) is 0 Å². The van der Waals surface area contributed by atoms with Gasteiger partial charge in [-0.1, -0.05) is 65.7 Å². The second kappa shape index (κ2) is 8.23. The summed E-state index contributed by atoms with van der Waals surface area (Å²) < 4.78 is 27.2. The van der Waals surface area contributed by atoms with E-state index in [0.29, 0.717) is 5.69 Å². The molecule has 0 bridgehead atoms.